The highest BCUT2D eigenvalue weighted by atomic mass is 16.5. The molecule has 0 unspecified atom stereocenters. The molecule has 0 aliphatic heterocycles. The summed E-state index contributed by atoms with van der Waals surface area (Å²) in [5, 5.41) is 10.2. The topological polar surface area (TPSA) is 68.5 Å². The Hall–Kier alpha value is -1.62. The minimum atomic E-state index is -0.283. The number of pyridine rings is 1. The van der Waals surface area contributed by atoms with Gasteiger partial charge in [0.1, 0.15) is 0 Å². The predicted octanol–water partition coefficient (Wildman–Crippen LogP) is 5.39. The van der Waals surface area contributed by atoms with Gasteiger partial charge in [0.15, 0.2) is 5.78 Å². The average molecular weight is 394 g/mol. The van der Waals surface area contributed by atoms with Crippen LogP contribution in [0.2, 0.25) is 0 Å². The average Bonchev–Trinajstić information content (AvgIpc) is 2.63. The molecule has 1 aromatic rings. The molecule has 1 heterocycles. The van der Waals surface area contributed by atoms with Crippen LogP contribution in [-0.4, -0.2) is 28.7 Å². The number of aromatic hydroxyl groups is 1. The van der Waals surface area contributed by atoms with Gasteiger partial charge in [0.2, 0.25) is 5.88 Å². The summed E-state index contributed by atoms with van der Waals surface area (Å²) in [6.07, 6.45) is 13.7. The van der Waals surface area contributed by atoms with Crippen LogP contribution < -0.4 is 5.56 Å². The molecule has 0 radical (unpaired) electrons. The van der Waals surface area contributed by atoms with Gasteiger partial charge in [-0.25, -0.2) is 0 Å². The van der Waals surface area contributed by atoms with Crippen LogP contribution in [0.4, 0.5) is 0 Å². The predicted molar refractivity (Wildman–Crippen MR) is 114 cm³/mol. The number of carbonyl (C=O) groups excluding carboxylic acids is 1. The Labute approximate surface area is 170 Å². The summed E-state index contributed by atoms with van der Waals surface area (Å²) in [6, 6.07) is 1.40. The lowest BCUT2D eigenvalue weighted by atomic mass is 10.1. The summed E-state index contributed by atoms with van der Waals surface area (Å²) < 4.78 is 6.90. The Bertz CT molecular complexity index is 636. The standard InChI is InChI=1S/C23H39NO4/c1-4-5-6-7-8-9-10-11-12-13-16-28-17-14-15-24-21(26)18-19(2)22(20(3)25)23(24)27/h18,27H,4-17H2,1-3H3. The number of nitrogens with zero attached hydrogens (tertiary/aromatic N) is 1. The lowest BCUT2D eigenvalue weighted by molar-refractivity contribution is 0.101. The van der Waals surface area contributed by atoms with E-state index in [1.54, 1.807) is 6.92 Å². The van der Waals surface area contributed by atoms with E-state index < -0.39 is 0 Å². The van der Waals surface area contributed by atoms with Gasteiger partial charge in [0.05, 0.1) is 5.56 Å². The maximum atomic E-state index is 12.1. The van der Waals surface area contributed by atoms with Crippen molar-refractivity contribution in [3.63, 3.8) is 0 Å². The summed E-state index contributed by atoms with van der Waals surface area (Å²) in [5.41, 5.74) is 0.462. The number of aryl methyl sites for hydroxylation is 1. The van der Waals surface area contributed by atoms with Gasteiger partial charge < -0.3 is 9.84 Å². The van der Waals surface area contributed by atoms with Crippen LogP contribution in [0.5, 0.6) is 5.88 Å². The van der Waals surface area contributed by atoms with Crippen molar-refractivity contribution in [2.24, 2.45) is 0 Å². The maximum absolute atomic E-state index is 12.1. The molecule has 0 amide bonds. The fourth-order valence-electron chi connectivity index (χ4n) is 3.52. The molecule has 5 nitrogen and oxygen atoms in total. The molecule has 0 fully saturated rings. The molecule has 1 rings (SSSR count). The quantitative estimate of drug-likeness (QED) is 0.302. The summed E-state index contributed by atoms with van der Waals surface area (Å²) in [4.78, 5) is 23.7. The van der Waals surface area contributed by atoms with E-state index >= 15 is 0 Å². The van der Waals surface area contributed by atoms with E-state index in [0.29, 0.717) is 25.1 Å². The number of carbonyl (C=O) groups is 1. The van der Waals surface area contributed by atoms with Gasteiger partial charge in [0.25, 0.3) is 5.56 Å². The fourth-order valence-corrected chi connectivity index (χ4v) is 3.52. The summed E-state index contributed by atoms with van der Waals surface area (Å²) in [5.74, 6) is -0.465. The molecular weight excluding hydrogens is 354 g/mol. The lowest BCUT2D eigenvalue weighted by Gasteiger charge is -2.13. The van der Waals surface area contributed by atoms with Crippen LogP contribution in [0, 0.1) is 6.92 Å². The summed E-state index contributed by atoms with van der Waals surface area (Å²) in [6.45, 7) is 6.95. The van der Waals surface area contributed by atoms with Crippen molar-refractivity contribution in [1.29, 1.82) is 0 Å². The molecule has 5 heteroatoms. The highest BCUT2D eigenvalue weighted by molar-refractivity contribution is 5.97. The Morgan fingerprint density at radius 3 is 2.07 bits per heavy atom. The number of rotatable bonds is 16. The number of hydrogen-bond acceptors (Lipinski definition) is 4. The molecular formula is C23H39NO4. The Morgan fingerprint density at radius 1 is 0.964 bits per heavy atom. The van der Waals surface area contributed by atoms with Crippen LogP contribution in [0.3, 0.4) is 0 Å². The van der Waals surface area contributed by atoms with Gasteiger partial charge in [-0.05, 0) is 32.3 Å². The smallest absolute Gasteiger partial charge is 0.253 e. The van der Waals surface area contributed by atoms with Crippen LogP contribution in [0.15, 0.2) is 10.9 Å². The van der Waals surface area contributed by atoms with Crippen LogP contribution in [0.25, 0.3) is 0 Å². The zero-order valence-corrected chi connectivity index (χ0v) is 18.1. The van der Waals surface area contributed by atoms with Gasteiger partial charge in [0, 0.05) is 25.8 Å². The second-order valence-electron chi connectivity index (χ2n) is 7.72. The lowest BCUT2D eigenvalue weighted by Crippen LogP contribution is -2.23. The Morgan fingerprint density at radius 2 is 1.50 bits per heavy atom. The van der Waals surface area contributed by atoms with Crippen molar-refractivity contribution >= 4 is 5.78 Å². The second-order valence-corrected chi connectivity index (χ2v) is 7.72. The molecule has 0 bridgehead atoms. The molecule has 0 saturated heterocycles. The van der Waals surface area contributed by atoms with E-state index in [1.807, 2.05) is 0 Å². The zero-order valence-electron chi connectivity index (χ0n) is 18.1. The van der Waals surface area contributed by atoms with Gasteiger partial charge in [-0.1, -0.05) is 64.7 Å². The Kier molecular flexibility index (Phi) is 12.5. The Balaban J connectivity index is 2.12. The highest BCUT2D eigenvalue weighted by Gasteiger charge is 2.15. The van der Waals surface area contributed by atoms with Gasteiger partial charge in [-0.15, -0.1) is 0 Å². The monoisotopic (exact) mass is 393 g/mol. The first-order valence-corrected chi connectivity index (χ1v) is 11.0. The van der Waals surface area contributed by atoms with Crippen molar-refractivity contribution < 1.29 is 14.6 Å². The third-order valence-electron chi connectivity index (χ3n) is 5.14. The van der Waals surface area contributed by atoms with Crippen molar-refractivity contribution in [3.05, 3.63) is 27.5 Å². The van der Waals surface area contributed by atoms with Crippen molar-refractivity contribution in [3.8, 4) is 5.88 Å². The van der Waals surface area contributed by atoms with Crippen LogP contribution in [-0.2, 0) is 11.3 Å². The number of unbranched alkanes of at least 4 members (excludes halogenated alkanes) is 9. The van der Waals surface area contributed by atoms with Gasteiger partial charge in [-0.2, -0.15) is 0 Å². The molecule has 1 aromatic heterocycles. The molecule has 0 aromatic carbocycles. The maximum Gasteiger partial charge on any atom is 0.253 e. The molecule has 0 spiro atoms. The van der Waals surface area contributed by atoms with Crippen LogP contribution in [0.1, 0.15) is 100 Å². The van der Waals surface area contributed by atoms with Crippen LogP contribution >= 0.6 is 0 Å². The third-order valence-corrected chi connectivity index (χ3v) is 5.14. The van der Waals surface area contributed by atoms with Gasteiger partial charge in [-0.3, -0.25) is 14.2 Å². The van der Waals surface area contributed by atoms with Crippen molar-refractivity contribution in [2.75, 3.05) is 13.2 Å². The molecule has 160 valence electrons. The molecule has 0 saturated carbocycles. The zero-order chi connectivity index (χ0) is 20.8. The van der Waals surface area contributed by atoms with E-state index in [2.05, 4.69) is 6.92 Å². The van der Waals surface area contributed by atoms with Crippen molar-refractivity contribution in [2.45, 2.75) is 97.9 Å². The SMILES string of the molecule is CCCCCCCCCCCCOCCCn1c(O)c(C(C)=O)c(C)cc1=O. The first-order valence-electron chi connectivity index (χ1n) is 11.0. The van der Waals surface area contributed by atoms with Gasteiger partial charge >= 0.3 is 0 Å². The molecule has 1 N–H and O–H groups in total. The molecule has 0 atom stereocenters. The number of hydrogen-bond donors (Lipinski definition) is 1. The second kappa shape index (κ2) is 14.4. The molecule has 28 heavy (non-hydrogen) atoms. The normalized spacial score (nSPS) is 11.1. The minimum Gasteiger partial charge on any atom is -0.494 e. The molecule has 0 aliphatic rings. The summed E-state index contributed by atoms with van der Waals surface area (Å²) >= 11 is 0. The minimum absolute atomic E-state index is 0.228. The number of aromatic nitrogens is 1. The highest BCUT2D eigenvalue weighted by Crippen LogP contribution is 2.19. The van der Waals surface area contributed by atoms with E-state index in [4.69, 9.17) is 4.74 Å². The number of Topliss-reactive ketones (excluding diaryl/α,β-unsaturated/α-hetero) is 1. The van der Waals surface area contributed by atoms with E-state index in [1.165, 1.54) is 75.3 Å². The number of ketones is 1. The fraction of sp³-hybridized carbons (Fsp3) is 0.739. The van der Waals surface area contributed by atoms with E-state index in [-0.39, 0.29) is 22.8 Å². The van der Waals surface area contributed by atoms with E-state index in [0.717, 1.165) is 13.0 Å². The van der Waals surface area contributed by atoms with E-state index in [9.17, 15) is 14.7 Å². The van der Waals surface area contributed by atoms with Crippen molar-refractivity contribution in [1.82, 2.24) is 4.57 Å². The first-order chi connectivity index (χ1) is 13.5. The largest absolute Gasteiger partial charge is 0.494 e. The molecule has 0 aliphatic carbocycles. The first kappa shape index (κ1) is 24.4. The third kappa shape index (κ3) is 9.05. The number of ether oxygens (including phenoxy) is 1. The summed E-state index contributed by atoms with van der Waals surface area (Å²) in [7, 11) is 0.